The number of hydrogen-bond acceptors (Lipinski definition) is 4. The Kier molecular flexibility index (Phi) is 6.79. The van der Waals surface area contributed by atoms with Gasteiger partial charge in [-0.25, -0.2) is 4.79 Å². The Morgan fingerprint density at radius 3 is 2.95 bits per heavy atom. The molecule has 0 fully saturated rings. The molecular weight excluding hydrogens is 276 g/mol. The molecule has 0 aliphatic rings. The van der Waals surface area contributed by atoms with E-state index in [-0.39, 0.29) is 5.91 Å². The summed E-state index contributed by atoms with van der Waals surface area (Å²) in [7, 11) is 0. The van der Waals surface area contributed by atoms with E-state index >= 15 is 0 Å². The van der Waals surface area contributed by atoms with Gasteiger partial charge in [0, 0.05) is 36.1 Å². The molecule has 0 aliphatic carbocycles. The summed E-state index contributed by atoms with van der Waals surface area (Å²) in [5.74, 6) is 0.0792. The van der Waals surface area contributed by atoms with E-state index < -0.39 is 5.97 Å². The van der Waals surface area contributed by atoms with Crippen LogP contribution in [0.15, 0.2) is 24.5 Å². The predicted octanol–water partition coefficient (Wildman–Crippen LogP) is 1.91. The Balaban J connectivity index is 2.75. The van der Waals surface area contributed by atoms with Gasteiger partial charge in [-0.05, 0) is 30.1 Å². The lowest BCUT2D eigenvalue weighted by Crippen LogP contribution is -2.29. The average molecular weight is 294 g/mol. The first-order valence-electron chi connectivity index (χ1n) is 6.16. The van der Waals surface area contributed by atoms with Crippen LogP contribution in [0.4, 0.5) is 0 Å². The third-order valence-electron chi connectivity index (χ3n) is 2.56. The van der Waals surface area contributed by atoms with Gasteiger partial charge in [0.1, 0.15) is 0 Å². The van der Waals surface area contributed by atoms with Crippen LogP contribution < -0.4 is 5.32 Å². The molecule has 1 rings (SSSR count). The summed E-state index contributed by atoms with van der Waals surface area (Å²) in [6, 6.07) is 1.58. The summed E-state index contributed by atoms with van der Waals surface area (Å²) in [6.45, 7) is 2.65. The summed E-state index contributed by atoms with van der Waals surface area (Å²) in [5.41, 5.74) is 0.916. The van der Waals surface area contributed by atoms with Crippen LogP contribution in [-0.2, 0) is 4.79 Å². The lowest BCUT2D eigenvalue weighted by atomic mass is 10.1. The van der Waals surface area contributed by atoms with Crippen molar-refractivity contribution in [2.45, 2.75) is 6.92 Å². The number of nitrogens with zero attached hydrogens (tertiary/aromatic N) is 1. The molecule has 0 saturated heterocycles. The molecule has 1 unspecified atom stereocenters. The number of nitrogens with one attached hydrogen (secondary N) is 1. The van der Waals surface area contributed by atoms with Gasteiger partial charge in [-0.15, -0.1) is 0 Å². The van der Waals surface area contributed by atoms with Gasteiger partial charge in [-0.3, -0.25) is 9.78 Å². The molecule has 1 atom stereocenters. The van der Waals surface area contributed by atoms with Crippen molar-refractivity contribution in [3.8, 4) is 0 Å². The van der Waals surface area contributed by atoms with Crippen LogP contribution in [0.5, 0.6) is 0 Å². The molecule has 108 valence electrons. The summed E-state index contributed by atoms with van der Waals surface area (Å²) >= 11 is 1.73. The molecule has 0 saturated carbocycles. The van der Waals surface area contributed by atoms with Crippen LogP contribution in [0, 0.1) is 5.92 Å². The Morgan fingerprint density at radius 2 is 2.30 bits per heavy atom. The number of aromatic nitrogens is 1. The van der Waals surface area contributed by atoms with E-state index in [2.05, 4.69) is 17.2 Å². The molecule has 1 aromatic rings. The normalized spacial score (nSPS) is 12.3. The molecule has 20 heavy (non-hydrogen) atoms. The van der Waals surface area contributed by atoms with Crippen LogP contribution in [0.25, 0.3) is 6.08 Å². The van der Waals surface area contributed by atoms with Crippen molar-refractivity contribution in [3.05, 3.63) is 35.7 Å². The molecule has 0 bridgehead atoms. The number of thioether (sulfide) groups is 1. The number of aliphatic carboxylic acids is 1. The summed E-state index contributed by atoms with van der Waals surface area (Å²) in [6.07, 6.45) is 7.37. The molecule has 6 heteroatoms. The highest BCUT2D eigenvalue weighted by Crippen LogP contribution is 2.10. The lowest BCUT2D eigenvalue weighted by molar-refractivity contribution is -0.131. The van der Waals surface area contributed by atoms with Crippen molar-refractivity contribution in [2.24, 2.45) is 5.92 Å². The maximum atomic E-state index is 12.1. The zero-order valence-corrected chi connectivity index (χ0v) is 12.3. The largest absolute Gasteiger partial charge is 0.478 e. The smallest absolute Gasteiger partial charge is 0.328 e. The molecule has 1 aromatic heterocycles. The number of amides is 1. The number of carboxylic acids is 1. The maximum absolute atomic E-state index is 12.1. The first kappa shape index (κ1) is 16.2. The molecule has 5 nitrogen and oxygen atoms in total. The molecule has 0 aliphatic heterocycles. The topological polar surface area (TPSA) is 79.3 Å². The molecule has 1 heterocycles. The summed E-state index contributed by atoms with van der Waals surface area (Å²) < 4.78 is 0. The number of carboxylic acid groups (broad SMARTS) is 1. The van der Waals surface area contributed by atoms with Gasteiger partial charge in [0.2, 0.25) is 0 Å². The van der Waals surface area contributed by atoms with E-state index in [1.54, 1.807) is 17.8 Å². The second-order valence-electron chi connectivity index (χ2n) is 4.41. The average Bonchev–Trinajstić information content (AvgIpc) is 2.43. The fourth-order valence-electron chi connectivity index (χ4n) is 1.61. The van der Waals surface area contributed by atoms with Crippen LogP contribution in [0.2, 0.25) is 0 Å². The van der Waals surface area contributed by atoms with Gasteiger partial charge in [0.05, 0.1) is 0 Å². The first-order chi connectivity index (χ1) is 9.54. The standard InChI is InChI=1S/C14H18N2O3S/c1-10(9-20-2)7-16-14(19)12-5-6-15-8-11(12)3-4-13(17)18/h3-6,8,10H,7,9H2,1-2H3,(H,16,19)(H,17,18). The summed E-state index contributed by atoms with van der Waals surface area (Å²) in [5, 5.41) is 11.5. The Labute approximate surface area is 122 Å². The van der Waals surface area contributed by atoms with Crippen molar-refractivity contribution < 1.29 is 14.7 Å². The fraction of sp³-hybridized carbons (Fsp3) is 0.357. The quantitative estimate of drug-likeness (QED) is 0.751. The minimum atomic E-state index is -1.06. The van der Waals surface area contributed by atoms with Gasteiger partial charge in [-0.2, -0.15) is 11.8 Å². The van der Waals surface area contributed by atoms with E-state index in [1.807, 2.05) is 6.26 Å². The highest BCUT2D eigenvalue weighted by Gasteiger charge is 2.11. The number of hydrogen-bond donors (Lipinski definition) is 2. The van der Waals surface area contributed by atoms with Crippen molar-refractivity contribution in [2.75, 3.05) is 18.6 Å². The van der Waals surface area contributed by atoms with E-state index in [9.17, 15) is 9.59 Å². The molecule has 1 amide bonds. The molecule has 0 spiro atoms. The second-order valence-corrected chi connectivity index (χ2v) is 5.32. The van der Waals surface area contributed by atoms with Gasteiger partial charge in [-0.1, -0.05) is 6.92 Å². The van der Waals surface area contributed by atoms with E-state index in [0.717, 1.165) is 11.8 Å². The van der Waals surface area contributed by atoms with Gasteiger partial charge in [0.15, 0.2) is 0 Å². The number of carbonyl (C=O) groups is 2. The lowest BCUT2D eigenvalue weighted by Gasteiger charge is -2.12. The van der Waals surface area contributed by atoms with Gasteiger partial charge < -0.3 is 10.4 Å². The zero-order valence-electron chi connectivity index (χ0n) is 11.5. The minimum Gasteiger partial charge on any atom is -0.478 e. The van der Waals surface area contributed by atoms with E-state index in [1.165, 1.54) is 18.5 Å². The van der Waals surface area contributed by atoms with Crippen molar-refractivity contribution in [1.29, 1.82) is 0 Å². The Bertz CT molecular complexity index is 503. The molecule has 0 aromatic carbocycles. The number of rotatable bonds is 7. The first-order valence-corrected chi connectivity index (χ1v) is 7.56. The fourth-order valence-corrected chi connectivity index (χ4v) is 2.30. The SMILES string of the molecule is CSCC(C)CNC(=O)c1ccncc1C=CC(=O)O. The predicted molar refractivity (Wildman–Crippen MR) is 80.8 cm³/mol. The Morgan fingerprint density at radius 1 is 1.55 bits per heavy atom. The second kappa shape index (κ2) is 8.37. The van der Waals surface area contributed by atoms with Crippen molar-refractivity contribution in [1.82, 2.24) is 10.3 Å². The maximum Gasteiger partial charge on any atom is 0.328 e. The number of pyridine rings is 1. The highest BCUT2D eigenvalue weighted by atomic mass is 32.2. The molecule has 0 radical (unpaired) electrons. The molecular formula is C14H18N2O3S. The third-order valence-corrected chi connectivity index (χ3v) is 3.47. The van der Waals surface area contributed by atoms with Crippen molar-refractivity contribution in [3.63, 3.8) is 0 Å². The Hall–Kier alpha value is -1.82. The van der Waals surface area contributed by atoms with Gasteiger partial charge >= 0.3 is 5.97 Å². The minimum absolute atomic E-state index is 0.217. The van der Waals surface area contributed by atoms with E-state index in [4.69, 9.17) is 5.11 Å². The molecule has 2 N–H and O–H groups in total. The third kappa shape index (κ3) is 5.44. The van der Waals surface area contributed by atoms with Gasteiger partial charge in [0.25, 0.3) is 5.91 Å². The highest BCUT2D eigenvalue weighted by molar-refractivity contribution is 7.98. The summed E-state index contributed by atoms with van der Waals surface area (Å²) in [4.78, 5) is 26.5. The van der Waals surface area contributed by atoms with E-state index in [0.29, 0.717) is 23.6 Å². The number of carbonyl (C=O) groups excluding carboxylic acids is 1. The monoisotopic (exact) mass is 294 g/mol. The van der Waals surface area contributed by atoms with Crippen LogP contribution in [-0.4, -0.2) is 40.5 Å². The zero-order chi connectivity index (χ0) is 15.0. The van der Waals surface area contributed by atoms with Crippen LogP contribution in [0.1, 0.15) is 22.8 Å². The van der Waals surface area contributed by atoms with Crippen LogP contribution in [0.3, 0.4) is 0 Å². The van der Waals surface area contributed by atoms with Crippen molar-refractivity contribution >= 4 is 29.7 Å². The van der Waals surface area contributed by atoms with Crippen LogP contribution >= 0.6 is 11.8 Å².